The number of likely N-dealkylation sites (N-methyl/N-ethyl adjacent to an activating group) is 1. The molecule has 0 bridgehead atoms. The number of benzene rings is 2. The molecule has 1 unspecified atom stereocenters. The number of amides is 2. The number of carbonyl (C=O) groups excluding carboxylic acids is 2. The molecule has 0 radical (unpaired) electrons. The molecule has 0 spiro atoms. The summed E-state index contributed by atoms with van der Waals surface area (Å²) in [6, 6.07) is 9.65. The van der Waals surface area contributed by atoms with E-state index < -0.39 is 17.8 Å². The van der Waals surface area contributed by atoms with Gasteiger partial charge in [0.1, 0.15) is 17.6 Å². The molecule has 2 amide bonds. The summed E-state index contributed by atoms with van der Waals surface area (Å²) in [5.41, 5.74) is 1.05. The van der Waals surface area contributed by atoms with Crippen molar-refractivity contribution in [3.63, 3.8) is 0 Å². The smallest absolute Gasteiger partial charge is 0.251 e. The van der Waals surface area contributed by atoms with Crippen molar-refractivity contribution < 1.29 is 18.7 Å². The van der Waals surface area contributed by atoms with Gasteiger partial charge in [0, 0.05) is 29.7 Å². The van der Waals surface area contributed by atoms with Gasteiger partial charge in [-0.1, -0.05) is 25.4 Å². The molecular formula is C21H24ClFN2O3. The fourth-order valence-corrected chi connectivity index (χ4v) is 2.98. The minimum Gasteiger partial charge on any atom is -0.496 e. The Bertz CT molecular complexity index is 840. The maximum absolute atomic E-state index is 13.1. The molecular weight excluding hydrogens is 383 g/mol. The topological polar surface area (TPSA) is 58.6 Å². The Hall–Kier alpha value is -2.60. The van der Waals surface area contributed by atoms with Crippen molar-refractivity contribution >= 4 is 23.4 Å². The summed E-state index contributed by atoms with van der Waals surface area (Å²) >= 11 is 6.05. The van der Waals surface area contributed by atoms with Gasteiger partial charge < -0.3 is 15.0 Å². The normalized spacial score (nSPS) is 11.8. The van der Waals surface area contributed by atoms with E-state index in [2.05, 4.69) is 5.32 Å². The monoisotopic (exact) mass is 406 g/mol. The SMILES string of the molecule is COc1ccc(Cl)cc1CN(C)C(=O)C(NC(=O)c1ccc(F)cc1)C(C)C. The van der Waals surface area contributed by atoms with Crippen LogP contribution in [0.25, 0.3) is 0 Å². The van der Waals surface area contributed by atoms with Crippen molar-refractivity contribution in [3.8, 4) is 5.75 Å². The van der Waals surface area contributed by atoms with E-state index in [-0.39, 0.29) is 18.4 Å². The summed E-state index contributed by atoms with van der Waals surface area (Å²) in [5, 5.41) is 3.29. The average molecular weight is 407 g/mol. The first-order chi connectivity index (χ1) is 13.2. The highest BCUT2D eigenvalue weighted by molar-refractivity contribution is 6.30. The highest BCUT2D eigenvalue weighted by Gasteiger charge is 2.28. The lowest BCUT2D eigenvalue weighted by molar-refractivity contribution is -0.133. The number of carbonyl (C=O) groups is 2. The van der Waals surface area contributed by atoms with E-state index in [0.717, 1.165) is 5.56 Å². The van der Waals surface area contributed by atoms with Gasteiger partial charge in [-0.2, -0.15) is 0 Å². The molecule has 0 aliphatic carbocycles. The predicted octanol–water partition coefficient (Wildman–Crippen LogP) is 3.90. The van der Waals surface area contributed by atoms with E-state index in [1.807, 2.05) is 13.8 Å². The standard InChI is InChI=1S/C21H24ClFN2O3/c1-13(2)19(24-20(26)14-5-8-17(23)9-6-14)21(27)25(3)12-15-11-16(22)7-10-18(15)28-4/h5-11,13,19H,12H2,1-4H3,(H,24,26). The van der Waals surface area contributed by atoms with Crippen molar-refractivity contribution in [3.05, 3.63) is 64.4 Å². The fourth-order valence-electron chi connectivity index (χ4n) is 2.78. The van der Waals surface area contributed by atoms with Crippen LogP contribution in [0.4, 0.5) is 4.39 Å². The zero-order valence-electron chi connectivity index (χ0n) is 16.3. The minimum absolute atomic E-state index is 0.138. The van der Waals surface area contributed by atoms with E-state index in [0.29, 0.717) is 16.3 Å². The van der Waals surface area contributed by atoms with E-state index in [4.69, 9.17) is 16.3 Å². The zero-order chi connectivity index (χ0) is 20.8. The number of ether oxygens (including phenoxy) is 1. The van der Waals surface area contributed by atoms with Crippen molar-refractivity contribution in [1.29, 1.82) is 0 Å². The van der Waals surface area contributed by atoms with Crippen LogP contribution in [0.2, 0.25) is 5.02 Å². The Morgan fingerprint density at radius 3 is 2.39 bits per heavy atom. The second kappa shape index (κ2) is 9.55. The summed E-state index contributed by atoms with van der Waals surface area (Å²) in [7, 11) is 3.20. The lowest BCUT2D eigenvalue weighted by Crippen LogP contribution is -2.50. The number of methoxy groups -OCH3 is 1. The molecule has 0 heterocycles. The molecule has 1 atom stereocenters. The molecule has 1 N–H and O–H groups in total. The van der Waals surface area contributed by atoms with Crippen LogP contribution in [0.1, 0.15) is 29.8 Å². The predicted molar refractivity (Wildman–Crippen MR) is 107 cm³/mol. The summed E-state index contributed by atoms with van der Waals surface area (Å²) < 4.78 is 18.4. The molecule has 150 valence electrons. The Morgan fingerprint density at radius 1 is 1.18 bits per heavy atom. The third-order valence-corrected chi connectivity index (χ3v) is 4.59. The van der Waals surface area contributed by atoms with Gasteiger partial charge in [-0.05, 0) is 48.4 Å². The molecule has 2 aromatic carbocycles. The molecule has 28 heavy (non-hydrogen) atoms. The molecule has 7 heteroatoms. The van der Waals surface area contributed by atoms with Crippen LogP contribution in [0.15, 0.2) is 42.5 Å². The fraction of sp³-hybridized carbons (Fsp3) is 0.333. The second-order valence-corrected chi connectivity index (χ2v) is 7.29. The third-order valence-electron chi connectivity index (χ3n) is 4.35. The Kier molecular flexibility index (Phi) is 7.40. The van der Waals surface area contributed by atoms with E-state index in [1.165, 1.54) is 29.2 Å². The van der Waals surface area contributed by atoms with Gasteiger partial charge >= 0.3 is 0 Å². The van der Waals surface area contributed by atoms with E-state index in [1.54, 1.807) is 32.4 Å². The molecule has 0 aromatic heterocycles. The maximum atomic E-state index is 13.1. The second-order valence-electron chi connectivity index (χ2n) is 6.85. The molecule has 0 fully saturated rings. The van der Waals surface area contributed by atoms with Crippen molar-refractivity contribution in [2.75, 3.05) is 14.2 Å². The van der Waals surface area contributed by atoms with Gasteiger partial charge in [0.2, 0.25) is 5.91 Å². The number of nitrogens with one attached hydrogen (secondary N) is 1. The quantitative estimate of drug-likeness (QED) is 0.758. The first-order valence-corrected chi connectivity index (χ1v) is 9.24. The molecule has 0 aliphatic rings. The average Bonchev–Trinajstić information content (AvgIpc) is 2.65. The lowest BCUT2D eigenvalue weighted by Gasteiger charge is -2.27. The number of hydrogen-bond acceptors (Lipinski definition) is 3. The van der Waals surface area contributed by atoms with Crippen molar-refractivity contribution in [1.82, 2.24) is 10.2 Å². The van der Waals surface area contributed by atoms with E-state index in [9.17, 15) is 14.0 Å². The number of halogens is 2. The van der Waals surface area contributed by atoms with Gasteiger partial charge in [-0.25, -0.2) is 4.39 Å². The van der Waals surface area contributed by atoms with Gasteiger partial charge in [0.25, 0.3) is 5.91 Å². The Labute approximate surface area is 169 Å². The highest BCUT2D eigenvalue weighted by Crippen LogP contribution is 2.24. The lowest BCUT2D eigenvalue weighted by atomic mass is 10.0. The van der Waals surface area contributed by atoms with Crippen LogP contribution in [0.3, 0.4) is 0 Å². The summed E-state index contributed by atoms with van der Waals surface area (Å²) in [5.74, 6) is -0.613. The van der Waals surface area contributed by atoms with Crippen LogP contribution < -0.4 is 10.1 Å². The molecule has 0 aliphatic heterocycles. The Morgan fingerprint density at radius 2 is 1.82 bits per heavy atom. The Balaban J connectivity index is 2.14. The molecule has 2 rings (SSSR count). The molecule has 2 aromatic rings. The molecule has 0 saturated heterocycles. The van der Waals surface area contributed by atoms with Gasteiger partial charge in [-0.15, -0.1) is 0 Å². The summed E-state index contributed by atoms with van der Waals surface area (Å²) in [6.45, 7) is 3.97. The molecule has 0 saturated carbocycles. The van der Waals surface area contributed by atoms with Crippen LogP contribution in [-0.4, -0.2) is 36.9 Å². The van der Waals surface area contributed by atoms with Gasteiger partial charge in [0.15, 0.2) is 0 Å². The number of hydrogen-bond donors (Lipinski definition) is 1. The number of nitrogens with zero attached hydrogens (tertiary/aromatic N) is 1. The molecule has 5 nitrogen and oxygen atoms in total. The van der Waals surface area contributed by atoms with Crippen LogP contribution in [0, 0.1) is 11.7 Å². The minimum atomic E-state index is -0.729. The highest BCUT2D eigenvalue weighted by atomic mass is 35.5. The van der Waals surface area contributed by atoms with Gasteiger partial charge in [-0.3, -0.25) is 9.59 Å². The first kappa shape index (κ1) is 21.7. The zero-order valence-corrected chi connectivity index (χ0v) is 17.1. The third kappa shape index (κ3) is 5.45. The van der Waals surface area contributed by atoms with E-state index >= 15 is 0 Å². The van der Waals surface area contributed by atoms with Gasteiger partial charge in [0.05, 0.1) is 7.11 Å². The number of rotatable bonds is 7. The van der Waals surface area contributed by atoms with Crippen LogP contribution in [0.5, 0.6) is 5.75 Å². The maximum Gasteiger partial charge on any atom is 0.251 e. The summed E-state index contributed by atoms with van der Waals surface area (Å²) in [6.07, 6.45) is 0. The first-order valence-electron chi connectivity index (χ1n) is 8.86. The van der Waals surface area contributed by atoms with Crippen LogP contribution >= 0.6 is 11.6 Å². The van der Waals surface area contributed by atoms with Crippen molar-refractivity contribution in [2.24, 2.45) is 5.92 Å². The van der Waals surface area contributed by atoms with Crippen LogP contribution in [-0.2, 0) is 11.3 Å². The largest absolute Gasteiger partial charge is 0.496 e. The summed E-state index contributed by atoms with van der Waals surface area (Å²) in [4.78, 5) is 26.9. The van der Waals surface area contributed by atoms with Crippen molar-refractivity contribution in [2.45, 2.75) is 26.4 Å².